The van der Waals surface area contributed by atoms with Gasteiger partial charge in [-0.3, -0.25) is 4.79 Å². The Morgan fingerprint density at radius 3 is 2.62 bits per heavy atom. The normalized spacial score (nSPS) is 10.8. The lowest BCUT2D eigenvalue weighted by Crippen LogP contribution is -2.11. The lowest BCUT2D eigenvalue weighted by molar-refractivity contribution is 0.102. The van der Waals surface area contributed by atoms with E-state index in [-0.39, 0.29) is 5.91 Å². The molecule has 4 rings (SSSR count). The molecule has 2 aromatic heterocycles. The minimum Gasteiger partial charge on any atom is -0.322 e. The molecule has 1 N–H and O–H groups in total. The number of rotatable bonds is 3. The monoisotopic (exact) mass is 379 g/mol. The van der Waals surface area contributed by atoms with E-state index in [0.717, 1.165) is 16.1 Å². The zero-order valence-corrected chi connectivity index (χ0v) is 15.4. The quantitative estimate of drug-likeness (QED) is 0.473. The minimum atomic E-state index is -0.225. The van der Waals surface area contributed by atoms with Gasteiger partial charge in [0.15, 0.2) is 0 Å². The molecule has 0 saturated heterocycles. The van der Waals surface area contributed by atoms with Gasteiger partial charge in [0, 0.05) is 17.4 Å². The van der Waals surface area contributed by atoms with Crippen molar-refractivity contribution in [3.63, 3.8) is 0 Å². The summed E-state index contributed by atoms with van der Waals surface area (Å²) in [6, 6.07) is 17.1. The Hall–Kier alpha value is -2.76. The molecule has 0 aliphatic rings. The number of pyridine rings is 1. The van der Waals surface area contributed by atoms with Crippen molar-refractivity contribution in [3.05, 3.63) is 77.1 Å². The van der Waals surface area contributed by atoms with Crippen molar-refractivity contribution in [2.75, 3.05) is 5.32 Å². The third-order valence-corrected chi connectivity index (χ3v) is 5.21. The summed E-state index contributed by atoms with van der Waals surface area (Å²) < 4.78 is 1.17. The van der Waals surface area contributed by atoms with Crippen LogP contribution in [0.1, 0.15) is 15.9 Å². The number of thiazole rings is 1. The average Bonchev–Trinajstić information content (AvgIpc) is 3.06. The van der Waals surface area contributed by atoms with Crippen molar-refractivity contribution in [1.82, 2.24) is 9.97 Å². The van der Waals surface area contributed by atoms with Crippen LogP contribution in [0, 0.1) is 6.92 Å². The smallest absolute Gasteiger partial charge is 0.257 e. The maximum absolute atomic E-state index is 12.2. The van der Waals surface area contributed by atoms with Gasteiger partial charge in [0.25, 0.3) is 5.91 Å². The van der Waals surface area contributed by atoms with Crippen LogP contribution < -0.4 is 5.32 Å². The summed E-state index contributed by atoms with van der Waals surface area (Å²) in [5.41, 5.74) is 4.42. The highest BCUT2D eigenvalue weighted by Gasteiger charge is 2.09. The summed E-state index contributed by atoms with van der Waals surface area (Å²) >= 11 is 7.41. The number of nitrogens with zero attached hydrogens (tertiary/aromatic N) is 2. The number of nitrogens with one attached hydrogen (secondary N) is 1. The minimum absolute atomic E-state index is 0.225. The third-order valence-electron chi connectivity index (χ3n) is 3.92. The standard InChI is InChI=1S/C20H14ClN3OS/c1-12-2-8-16-17(10-12)26-20(24-16)13-3-6-15(7-4-13)23-19(25)14-5-9-18(21)22-11-14/h2-11H,1H3,(H,23,25). The molecule has 26 heavy (non-hydrogen) atoms. The van der Waals surface area contributed by atoms with E-state index in [4.69, 9.17) is 11.6 Å². The number of amides is 1. The fraction of sp³-hybridized carbons (Fsp3) is 0.0500. The van der Waals surface area contributed by atoms with E-state index in [1.807, 2.05) is 30.3 Å². The Kier molecular flexibility index (Phi) is 4.41. The molecule has 0 spiro atoms. The van der Waals surface area contributed by atoms with Crippen LogP contribution in [0.2, 0.25) is 5.15 Å². The molecule has 0 radical (unpaired) electrons. The maximum atomic E-state index is 12.2. The van der Waals surface area contributed by atoms with Gasteiger partial charge in [-0.2, -0.15) is 0 Å². The predicted octanol–water partition coefficient (Wildman–Crippen LogP) is 5.57. The molecule has 6 heteroatoms. The Labute approximate surface area is 159 Å². The molecule has 128 valence electrons. The van der Waals surface area contributed by atoms with Crippen LogP contribution in [-0.4, -0.2) is 15.9 Å². The number of halogens is 1. The zero-order chi connectivity index (χ0) is 18.1. The predicted molar refractivity (Wildman–Crippen MR) is 107 cm³/mol. The molecule has 0 fully saturated rings. The van der Waals surface area contributed by atoms with E-state index in [2.05, 4.69) is 34.3 Å². The molecule has 0 aliphatic carbocycles. The Balaban J connectivity index is 1.54. The number of hydrogen-bond acceptors (Lipinski definition) is 4. The molecule has 0 unspecified atom stereocenters. The Morgan fingerprint density at radius 1 is 1.08 bits per heavy atom. The maximum Gasteiger partial charge on any atom is 0.257 e. The largest absolute Gasteiger partial charge is 0.322 e. The topological polar surface area (TPSA) is 54.9 Å². The van der Waals surface area contributed by atoms with Crippen molar-refractivity contribution < 1.29 is 4.79 Å². The van der Waals surface area contributed by atoms with Crippen LogP contribution >= 0.6 is 22.9 Å². The number of anilines is 1. The number of aromatic nitrogens is 2. The van der Waals surface area contributed by atoms with E-state index < -0.39 is 0 Å². The summed E-state index contributed by atoms with van der Waals surface area (Å²) in [7, 11) is 0. The first-order valence-corrected chi connectivity index (χ1v) is 9.18. The van der Waals surface area contributed by atoms with Gasteiger partial charge in [-0.15, -0.1) is 11.3 Å². The second-order valence-corrected chi connectivity index (χ2v) is 7.31. The van der Waals surface area contributed by atoms with Gasteiger partial charge in [0.2, 0.25) is 0 Å². The molecule has 0 saturated carbocycles. The summed E-state index contributed by atoms with van der Waals surface area (Å²) in [5, 5.41) is 4.17. The van der Waals surface area contributed by atoms with Gasteiger partial charge in [0.1, 0.15) is 10.2 Å². The Morgan fingerprint density at radius 2 is 1.88 bits per heavy atom. The third kappa shape index (κ3) is 3.45. The number of carbonyl (C=O) groups excluding carboxylic acids is 1. The molecule has 4 nitrogen and oxygen atoms in total. The molecule has 0 bridgehead atoms. The molecule has 1 amide bonds. The lowest BCUT2D eigenvalue weighted by Gasteiger charge is -2.05. The molecule has 2 heterocycles. The van der Waals surface area contributed by atoms with Crippen molar-refractivity contribution in [2.24, 2.45) is 0 Å². The zero-order valence-electron chi connectivity index (χ0n) is 13.9. The van der Waals surface area contributed by atoms with Gasteiger partial charge in [-0.05, 0) is 61.0 Å². The second-order valence-electron chi connectivity index (χ2n) is 5.89. The first-order valence-electron chi connectivity index (χ1n) is 7.99. The van der Waals surface area contributed by atoms with Gasteiger partial charge in [-0.25, -0.2) is 9.97 Å². The molecule has 4 aromatic rings. The molecular weight excluding hydrogens is 366 g/mol. The molecule has 2 aromatic carbocycles. The van der Waals surface area contributed by atoms with E-state index >= 15 is 0 Å². The summed E-state index contributed by atoms with van der Waals surface area (Å²) in [5.74, 6) is -0.225. The number of hydrogen-bond donors (Lipinski definition) is 1. The van der Waals surface area contributed by atoms with E-state index in [9.17, 15) is 4.79 Å². The van der Waals surface area contributed by atoms with Crippen LogP contribution in [0.15, 0.2) is 60.8 Å². The van der Waals surface area contributed by atoms with Crippen LogP contribution in [0.3, 0.4) is 0 Å². The van der Waals surface area contributed by atoms with Crippen molar-refractivity contribution in [2.45, 2.75) is 6.92 Å². The fourth-order valence-electron chi connectivity index (χ4n) is 2.56. The van der Waals surface area contributed by atoms with Gasteiger partial charge < -0.3 is 5.32 Å². The van der Waals surface area contributed by atoms with Gasteiger partial charge in [-0.1, -0.05) is 17.7 Å². The van der Waals surface area contributed by atoms with Crippen LogP contribution in [-0.2, 0) is 0 Å². The second kappa shape index (κ2) is 6.86. The highest BCUT2D eigenvalue weighted by atomic mass is 35.5. The van der Waals surface area contributed by atoms with Crippen LogP contribution in [0.5, 0.6) is 0 Å². The highest BCUT2D eigenvalue weighted by Crippen LogP contribution is 2.31. The van der Waals surface area contributed by atoms with Gasteiger partial charge >= 0.3 is 0 Å². The molecule has 0 aliphatic heterocycles. The van der Waals surface area contributed by atoms with Crippen molar-refractivity contribution >= 4 is 44.7 Å². The van der Waals surface area contributed by atoms with Gasteiger partial charge in [0.05, 0.1) is 15.8 Å². The highest BCUT2D eigenvalue weighted by molar-refractivity contribution is 7.21. The number of benzene rings is 2. The first kappa shape index (κ1) is 16.7. The summed E-state index contributed by atoms with van der Waals surface area (Å²) in [4.78, 5) is 20.8. The molecule has 0 atom stereocenters. The number of aryl methyl sites for hydroxylation is 1. The SMILES string of the molecule is Cc1ccc2nc(-c3ccc(NC(=O)c4ccc(Cl)nc4)cc3)sc2c1. The van der Waals surface area contributed by atoms with Crippen molar-refractivity contribution in [3.8, 4) is 10.6 Å². The van der Waals surface area contributed by atoms with Crippen molar-refractivity contribution in [1.29, 1.82) is 0 Å². The molecular formula is C20H14ClN3OS. The number of fused-ring (bicyclic) bond motifs is 1. The van der Waals surface area contributed by atoms with E-state index in [0.29, 0.717) is 16.4 Å². The summed E-state index contributed by atoms with van der Waals surface area (Å²) in [6.45, 7) is 2.08. The Bertz CT molecular complexity index is 1090. The summed E-state index contributed by atoms with van der Waals surface area (Å²) in [6.07, 6.45) is 1.45. The van der Waals surface area contributed by atoms with E-state index in [1.165, 1.54) is 16.5 Å². The lowest BCUT2D eigenvalue weighted by atomic mass is 10.2. The van der Waals surface area contributed by atoms with Crippen LogP contribution in [0.4, 0.5) is 5.69 Å². The number of carbonyl (C=O) groups is 1. The van der Waals surface area contributed by atoms with E-state index in [1.54, 1.807) is 23.5 Å². The first-order chi connectivity index (χ1) is 12.6. The average molecular weight is 380 g/mol. The fourth-order valence-corrected chi connectivity index (χ4v) is 3.75. The van der Waals surface area contributed by atoms with Crippen LogP contribution in [0.25, 0.3) is 20.8 Å².